The Labute approximate surface area is 247 Å². The van der Waals surface area contributed by atoms with Crippen LogP contribution in [0.2, 0.25) is 0 Å². The van der Waals surface area contributed by atoms with Crippen LogP contribution in [0.3, 0.4) is 0 Å². The first-order chi connectivity index (χ1) is 20.2. The molecule has 2 aliphatic rings. The van der Waals surface area contributed by atoms with Crippen LogP contribution in [0.15, 0.2) is 37.1 Å². The van der Waals surface area contributed by atoms with E-state index in [1.54, 1.807) is 40.6 Å². The molecule has 2 aromatic heterocycles. The maximum absolute atomic E-state index is 12.4. The van der Waals surface area contributed by atoms with Gasteiger partial charge in [0.2, 0.25) is 17.7 Å². The zero-order chi connectivity index (χ0) is 30.0. The van der Waals surface area contributed by atoms with Gasteiger partial charge in [0.1, 0.15) is 18.6 Å². The van der Waals surface area contributed by atoms with Gasteiger partial charge in [-0.25, -0.2) is 8.51 Å². The highest BCUT2D eigenvalue weighted by molar-refractivity contribution is 7.81. The Balaban J connectivity index is 1.48. The molecular weight excluding hydrogens is 560 g/mol. The third-order valence-electron chi connectivity index (χ3n) is 7.74. The first-order valence-corrected chi connectivity index (χ1v) is 15.3. The largest absolute Gasteiger partial charge is 0.494 e. The summed E-state index contributed by atoms with van der Waals surface area (Å²) in [6.07, 6.45) is 6.40. The summed E-state index contributed by atoms with van der Waals surface area (Å²) in [5, 5.41) is 16.7. The van der Waals surface area contributed by atoms with Gasteiger partial charge >= 0.3 is 0 Å². The number of benzene rings is 1. The van der Waals surface area contributed by atoms with Crippen molar-refractivity contribution in [2.24, 2.45) is 0 Å². The number of aromatic nitrogens is 3. The normalized spacial score (nSPS) is 17.2. The maximum atomic E-state index is 12.4. The highest BCUT2D eigenvalue weighted by Crippen LogP contribution is 2.40. The molecule has 1 amide bonds. The number of piperidine rings is 1. The fourth-order valence-corrected chi connectivity index (χ4v) is 6.02. The van der Waals surface area contributed by atoms with E-state index in [0.717, 1.165) is 31.6 Å². The van der Waals surface area contributed by atoms with Gasteiger partial charge in [-0.05, 0) is 45.1 Å². The number of aliphatic hydroxyl groups is 1. The average molecular weight is 599 g/mol. The SMILES string of the molecule is C=CC(=O)Nc1cc(Nc2nc(OC3CN(S(C)=O)C3)c3ccn(CO)c3n2)c(OC)cc1N1CCC(N(C)C)CC1. The van der Waals surface area contributed by atoms with E-state index in [0.29, 0.717) is 53.2 Å². The minimum atomic E-state index is -1.06. The number of methoxy groups -OCH3 is 1. The van der Waals surface area contributed by atoms with Crippen molar-refractivity contribution in [3.05, 3.63) is 37.1 Å². The summed E-state index contributed by atoms with van der Waals surface area (Å²) in [5.41, 5.74) is 2.47. The van der Waals surface area contributed by atoms with Crippen molar-refractivity contribution in [3.8, 4) is 11.6 Å². The summed E-state index contributed by atoms with van der Waals surface area (Å²) in [4.78, 5) is 26.2. The molecule has 0 aliphatic carbocycles. The number of anilines is 4. The van der Waals surface area contributed by atoms with E-state index in [1.807, 2.05) is 6.07 Å². The van der Waals surface area contributed by atoms with Crippen molar-refractivity contribution in [1.29, 1.82) is 0 Å². The summed E-state index contributed by atoms with van der Waals surface area (Å²) >= 11 is 0. The number of ether oxygens (including phenoxy) is 2. The number of nitrogens with zero attached hydrogens (tertiary/aromatic N) is 6. The molecule has 3 aromatic rings. The second-order valence-corrected chi connectivity index (χ2v) is 12.0. The lowest BCUT2D eigenvalue weighted by molar-refractivity contribution is -0.111. The molecule has 5 rings (SSSR count). The fourth-order valence-electron chi connectivity index (χ4n) is 5.27. The lowest BCUT2D eigenvalue weighted by Crippen LogP contribution is -2.54. The topological polar surface area (TPSA) is 137 Å². The number of fused-ring (bicyclic) bond motifs is 1. The highest BCUT2D eigenvalue weighted by atomic mass is 32.2. The van der Waals surface area contributed by atoms with Crippen LogP contribution in [0.1, 0.15) is 12.8 Å². The number of carbonyl (C=O) groups excluding carboxylic acids is 1. The second kappa shape index (κ2) is 12.7. The number of hydrogen-bond donors (Lipinski definition) is 3. The molecule has 2 fully saturated rings. The molecule has 3 N–H and O–H groups in total. The predicted octanol–water partition coefficient (Wildman–Crippen LogP) is 2.14. The Hall–Kier alpha value is -3.72. The van der Waals surface area contributed by atoms with Crippen molar-refractivity contribution < 1.29 is 23.6 Å². The number of amides is 1. The van der Waals surface area contributed by atoms with Crippen molar-refractivity contribution in [2.45, 2.75) is 31.7 Å². The molecule has 1 aromatic carbocycles. The van der Waals surface area contributed by atoms with Crippen LogP contribution in [0, 0.1) is 0 Å². The van der Waals surface area contributed by atoms with Crippen LogP contribution in [0.4, 0.5) is 23.0 Å². The Morgan fingerprint density at radius 1 is 1.24 bits per heavy atom. The number of aliphatic hydroxyl groups excluding tert-OH is 1. The summed E-state index contributed by atoms with van der Waals surface area (Å²) in [6, 6.07) is 5.99. The molecule has 0 bridgehead atoms. The molecule has 226 valence electrons. The van der Waals surface area contributed by atoms with Crippen molar-refractivity contribution in [2.75, 3.05) is 69.2 Å². The maximum Gasteiger partial charge on any atom is 0.247 e. The van der Waals surface area contributed by atoms with Crippen molar-refractivity contribution >= 4 is 50.9 Å². The van der Waals surface area contributed by atoms with Gasteiger partial charge in [0.25, 0.3) is 0 Å². The van der Waals surface area contributed by atoms with E-state index in [4.69, 9.17) is 9.47 Å². The summed E-state index contributed by atoms with van der Waals surface area (Å²) < 4.78 is 27.1. The van der Waals surface area contributed by atoms with Gasteiger partial charge in [0, 0.05) is 50.7 Å². The van der Waals surface area contributed by atoms with Gasteiger partial charge in [-0.3, -0.25) is 4.79 Å². The molecule has 0 radical (unpaired) electrons. The van der Waals surface area contributed by atoms with Gasteiger partial charge in [-0.2, -0.15) is 9.97 Å². The minimum Gasteiger partial charge on any atom is -0.494 e. The Bertz CT molecular complexity index is 1480. The quantitative estimate of drug-likeness (QED) is 0.282. The van der Waals surface area contributed by atoms with E-state index in [1.165, 1.54) is 6.08 Å². The fraction of sp³-hybridized carbons (Fsp3) is 0.464. The van der Waals surface area contributed by atoms with Crippen LogP contribution < -0.4 is 25.0 Å². The average Bonchev–Trinajstić information content (AvgIpc) is 3.37. The molecule has 1 atom stereocenters. The Morgan fingerprint density at radius 3 is 2.60 bits per heavy atom. The molecule has 4 heterocycles. The molecule has 13 nitrogen and oxygen atoms in total. The molecule has 0 spiro atoms. The summed E-state index contributed by atoms with van der Waals surface area (Å²) in [7, 11) is 4.72. The number of rotatable bonds is 11. The lowest BCUT2D eigenvalue weighted by atomic mass is 10.0. The minimum absolute atomic E-state index is 0.177. The van der Waals surface area contributed by atoms with Crippen LogP contribution in [0.25, 0.3) is 11.0 Å². The van der Waals surface area contributed by atoms with E-state index < -0.39 is 11.0 Å². The molecule has 0 saturated carbocycles. The zero-order valence-corrected chi connectivity index (χ0v) is 25.2. The summed E-state index contributed by atoms with van der Waals surface area (Å²) in [5.74, 6) is 0.785. The monoisotopic (exact) mass is 598 g/mol. The molecular formula is C28H38N8O5S. The Morgan fingerprint density at radius 2 is 1.98 bits per heavy atom. The van der Waals surface area contributed by atoms with Crippen molar-refractivity contribution in [1.82, 2.24) is 23.7 Å². The highest BCUT2D eigenvalue weighted by Gasteiger charge is 2.32. The smallest absolute Gasteiger partial charge is 0.247 e. The number of carbonyl (C=O) groups is 1. The standard InChI is InChI=1S/C28H38N8O5S/c1-6-25(38)29-21-13-22(24(40-4)14-23(21)34-10-7-18(8-11-34)33(2)3)30-28-31-26-20(9-12-35(26)17-37)27(32-28)41-19-15-36(16-19)42(5)39/h6,9,12-14,18-19,37H,1,7-8,10-11,15-17H2,2-5H3,(H,29,38)(H,30,31,32). The molecule has 14 heteroatoms. The van der Waals surface area contributed by atoms with E-state index >= 15 is 0 Å². The van der Waals surface area contributed by atoms with E-state index in [9.17, 15) is 14.1 Å². The van der Waals surface area contributed by atoms with Crippen LogP contribution in [0.5, 0.6) is 11.6 Å². The van der Waals surface area contributed by atoms with E-state index in [2.05, 4.69) is 51.1 Å². The number of hydrogen-bond acceptors (Lipinski definition) is 10. The zero-order valence-electron chi connectivity index (χ0n) is 24.4. The molecule has 42 heavy (non-hydrogen) atoms. The Kier molecular flexibility index (Phi) is 8.96. The molecule has 2 saturated heterocycles. The summed E-state index contributed by atoms with van der Waals surface area (Å²) in [6.45, 7) is 6.03. The first-order valence-electron chi connectivity index (χ1n) is 13.8. The molecule has 1 unspecified atom stereocenters. The van der Waals surface area contributed by atoms with Crippen LogP contribution >= 0.6 is 0 Å². The molecule has 2 aliphatic heterocycles. The van der Waals surface area contributed by atoms with Crippen molar-refractivity contribution in [3.63, 3.8) is 0 Å². The number of nitrogens with one attached hydrogen (secondary N) is 2. The van der Waals surface area contributed by atoms with Crippen LogP contribution in [-0.2, 0) is 22.5 Å². The van der Waals surface area contributed by atoms with Gasteiger partial charge in [-0.1, -0.05) is 6.58 Å². The third kappa shape index (κ3) is 6.21. The van der Waals surface area contributed by atoms with Crippen LogP contribution in [-0.4, -0.2) is 105 Å². The first kappa shape index (κ1) is 29.8. The lowest BCUT2D eigenvalue weighted by Gasteiger charge is -2.37. The van der Waals surface area contributed by atoms with Gasteiger partial charge < -0.3 is 39.6 Å². The van der Waals surface area contributed by atoms with Gasteiger partial charge in [0.15, 0.2) is 5.65 Å². The second-order valence-electron chi connectivity index (χ2n) is 10.6. The third-order valence-corrected chi connectivity index (χ3v) is 8.76. The van der Waals surface area contributed by atoms with E-state index in [-0.39, 0.29) is 24.7 Å². The predicted molar refractivity (Wildman–Crippen MR) is 164 cm³/mol. The van der Waals surface area contributed by atoms with Gasteiger partial charge in [-0.15, -0.1) is 0 Å². The van der Waals surface area contributed by atoms with Gasteiger partial charge in [0.05, 0.1) is 40.5 Å².